The zero-order valence-corrected chi connectivity index (χ0v) is 27.2. The molecule has 0 saturated carbocycles. The molecule has 0 aliphatic carbocycles. The molecule has 0 radical (unpaired) electrons. The van der Waals surface area contributed by atoms with Crippen molar-refractivity contribution in [3.8, 4) is 0 Å². The first kappa shape index (κ1) is 35.2. The van der Waals surface area contributed by atoms with Crippen LogP contribution in [0.1, 0.15) is 52.2 Å². The molecular formula is C37H52N2O5. The van der Waals surface area contributed by atoms with Gasteiger partial charge in [0.05, 0.1) is 25.9 Å². The normalized spacial score (nSPS) is 28.7. The van der Waals surface area contributed by atoms with Gasteiger partial charge in [-0.2, -0.15) is 0 Å². The van der Waals surface area contributed by atoms with Crippen molar-refractivity contribution in [2.75, 3.05) is 19.7 Å². The van der Waals surface area contributed by atoms with Crippen LogP contribution in [0.15, 0.2) is 86.0 Å². The molecule has 7 nitrogen and oxygen atoms in total. The monoisotopic (exact) mass is 604 g/mol. The van der Waals surface area contributed by atoms with Crippen molar-refractivity contribution >= 4 is 11.8 Å². The number of carbonyl (C=O) groups excluding carboxylic acids is 2. The Morgan fingerprint density at radius 3 is 1.43 bits per heavy atom. The molecule has 2 fully saturated rings. The molecule has 2 aliphatic heterocycles. The lowest BCUT2D eigenvalue weighted by Crippen LogP contribution is -2.59. The largest absolute Gasteiger partial charge is 0.394 e. The van der Waals surface area contributed by atoms with Crippen LogP contribution in [0.3, 0.4) is 0 Å². The van der Waals surface area contributed by atoms with E-state index in [9.17, 15) is 14.7 Å². The molecule has 7 heteroatoms. The van der Waals surface area contributed by atoms with Gasteiger partial charge in [-0.25, -0.2) is 0 Å². The highest BCUT2D eigenvalue weighted by molar-refractivity contribution is 5.83. The summed E-state index contributed by atoms with van der Waals surface area (Å²) in [4.78, 5) is 29.1. The van der Waals surface area contributed by atoms with Crippen LogP contribution in [0.25, 0.3) is 0 Å². The lowest BCUT2D eigenvalue weighted by atomic mass is 9.78. The first-order valence-corrected chi connectivity index (χ1v) is 15.9. The zero-order chi connectivity index (χ0) is 32.2. The molecule has 2 aliphatic rings. The third-order valence-corrected chi connectivity index (χ3v) is 9.48. The fourth-order valence-corrected chi connectivity index (χ4v) is 6.48. The van der Waals surface area contributed by atoms with Gasteiger partial charge in [0, 0.05) is 19.1 Å². The van der Waals surface area contributed by atoms with Crippen LogP contribution in [-0.2, 0) is 32.3 Å². The maximum atomic E-state index is 12.8. The van der Waals surface area contributed by atoms with Crippen molar-refractivity contribution in [3.05, 3.63) is 97.1 Å². The van der Waals surface area contributed by atoms with Gasteiger partial charge in [0.15, 0.2) is 0 Å². The smallest absolute Gasteiger partial charge is 0.252 e. The number of piperidine rings is 2. The van der Waals surface area contributed by atoms with Crippen molar-refractivity contribution in [1.29, 1.82) is 0 Å². The van der Waals surface area contributed by atoms with E-state index in [-0.39, 0.29) is 54.4 Å². The molecule has 4 rings (SSSR count). The van der Waals surface area contributed by atoms with E-state index in [1.165, 1.54) is 0 Å². The van der Waals surface area contributed by atoms with Crippen molar-refractivity contribution in [2.24, 2.45) is 23.7 Å². The Bertz CT molecular complexity index is 1100. The van der Waals surface area contributed by atoms with Crippen molar-refractivity contribution in [3.63, 3.8) is 0 Å². The molecule has 2 heterocycles. The maximum absolute atomic E-state index is 12.8. The van der Waals surface area contributed by atoms with Gasteiger partial charge in [-0.05, 0) is 41.2 Å². The van der Waals surface area contributed by atoms with Gasteiger partial charge in [-0.15, -0.1) is 13.2 Å². The molecule has 2 aromatic carbocycles. The van der Waals surface area contributed by atoms with Crippen molar-refractivity contribution < 1.29 is 24.2 Å². The van der Waals surface area contributed by atoms with Gasteiger partial charge in [0.2, 0.25) is 0 Å². The van der Waals surface area contributed by atoms with E-state index < -0.39 is 6.10 Å². The lowest BCUT2D eigenvalue weighted by Gasteiger charge is -2.46. The summed E-state index contributed by atoms with van der Waals surface area (Å²) in [6, 6.07) is 20.0. The highest BCUT2D eigenvalue weighted by Crippen LogP contribution is 2.34. The van der Waals surface area contributed by atoms with Crippen LogP contribution in [0.4, 0.5) is 0 Å². The van der Waals surface area contributed by atoms with E-state index in [2.05, 4.69) is 40.9 Å². The molecule has 2 saturated heterocycles. The SMILES string of the molecule is C=CCN1C(=O)C(OCc2ccccc2)C(C)C(C)C1CC.C=CCN1C(=O)C(OCc2ccccc2)C(C)C(C)C1CO. The molecule has 8 atom stereocenters. The Hall–Kier alpha value is -3.26. The van der Waals surface area contributed by atoms with Crippen LogP contribution >= 0.6 is 0 Å². The van der Waals surface area contributed by atoms with Gasteiger partial charge in [-0.3, -0.25) is 9.59 Å². The van der Waals surface area contributed by atoms with Gasteiger partial charge < -0.3 is 24.4 Å². The van der Waals surface area contributed by atoms with Crippen LogP contribution in [-0.4, -0.2) is 70.7 Å². The molecule has 1 N–H and O–H groups in total. The molecule has 8 unspecified atom stereocenters. The molecular weight excluding hydrogens is 552 g/mol. The first-order valence-electron chi connectivity index (χ1n) is 15.9. The minimum atomic E-state index is -0.474. The van der Waals surface area contributed by atoms with E-state index in [0.29, 0.717) is 32.2 Å². The van der Waals surface area contributed by atoms with Crippen LogP contribution in [0, 0.1) is 23.7 Å². The summed E-state index contributed by atoms with van der Waals surface area (Å²) in [6.07, 6.45) is 3.63. The Labute approximate surface area is 264 Å². The summed E-state index contributed by atoms with van der Waals surface area (Å²) < 4.78 is 11.9. The highest BCUT2D eigenvalue weighted by atomic mass is 16.5. The first-order chi connectivity index (χ1) is 21.2. The molecule has 0 spiro atoms. The quantitative estimate of drug-likeness (QED) is 0.306. The van der Waals surface area contributed by atoms with Crippen LogP contribution in [0.5, 0.6) is 0 Å². The average molecular weight is 605 g/mol. The standard InChI is InChI=1S/C19H27NO2.C18H25NO3/c1-5-12-20-17(6-2)14(3)15(4)18(19(20)21)22-13-16-10-8-7-9-11-16;1-4-10-19-16(11-20)13(2)14(3)17(18(19)21)22-12-15-8-6-5-7-9-15/h5,7-11,14-15,17-18H,1,6,12-13H2,2-4H3;4-9,13-14,16-17,20H,1,10-12H2,2-3H3. The van der Waals surface area contributed by atoms with Crippen LogP contribution in [0.2, 0.25) is 0 Å². The fourth-order valence-electron chi connectivity index (χ4n) is 6.48. The Morgan fingerprint density at radius 1 is 0.682 bits per heavy atom. The number of ether oxygens (including phenoxy) is 2. The van der Waals surface area contributed by atoms with Gasteiger partial charge >= 0.3 is 0 Å². The number of benzene rings is 2. The number of hydrogen-bond acceptors (Lipinski definition) is 5. The second kappa shape index (κ2) is 17.3. The second-order valence-electron chi connectivity index (χ2n) is 12.2. The minimum absolute atomic E-state index is 0.0313. The van der Waals surface area contributed by atoms with Crippen molar-refractivity contribution in [2.45, 2.75) is 78.5 Å². The number of aliphatic hydroxyl groups is 1. The van der Waals surface area contributed by atoms with Gasteiger partial charge in [0.25, 0.3) is 11.8 Å². The topological polar surface area (TPSA) is 79.3 Å². The number of aliphatic hydroxyl groups excluding tert-OH is 1. The van der Waals surface area contributed by atoms with E-state index in [4.69, 9.17) is 9.47 Å². The number of amides is 2. The summed E-state index contributed by atoms with van der Waals surface area (Å²) in [7, 11) is 0. The van der Waals surface area contributed by atoms with E-state index in [0.717, 1.165) is 17.5 Å². The summed E-state index contributed by atoms with van der Waals surface area (Å²) in [5, 5.41) is 9.62. The number of rotatable bonds is 12. The van der Waals surface area contributed by atoms with Crippen LogP contribution < -0.4 is 0 Å². The molecule has 0 aromatic heterocycles. The zero-order valence-electron chi connectivity index (χ0n) is 27.2. The third-order valence-electron chi connectivity index (χ3n) is 9.48. The average Bonchev–Trinajstić information content (AvgIpc) is 3.04. The summed E-state index contributed by atoms with van der Waals surface area (Å²) >= 11 is 0. The fraction of sp³-hybridized carbons (Fsp3) is 0.514. The summed E-state index contributed by atoms with van der Waals surface area (Å²) in [6.45, 7) is 20.0. The van der Waals surface area contributed by atoms with Crippen molar-refractivity contribution in [1.82, 2.24) is 9.80 Å². The van der Waals surface area contributed by atoms with E-state index >= 15 is 0 Å². The lowest BCUT2D eigenvalue weighted by molar-refractivity contribution is -0.164. The Balaban J connectivity index is 0.000000240. The molecule has 2 amide bonds. The number of carbonyl (C=O) groups is 2. The molecule has 2 aromatic rings. The van der Waals surface area contributed by atoms with E-state index in [1.54, 1.807) is 17.1 Å². The Morgan fingerprint density at radius 2 is 1.07 bits per heavy atom. The van der Waals surface area contributed by atoms with E-state index in [1.807, 2.05) is 72.5 Å². The molecule has 0 bridgehead atoms. The summed E-state index contributed by atoms with van der Waals surface area (Å²) in [5.74, 6) is 0.928. The second-order valence-corrected chi connectivity index (χ2v) is 12.2. The highest BCUT2D eigenvalue weighted by Gasteiger charge is 2.45. The number of likely N-dealkylation sites (tertiary alicyclic amines) is 2. The maximum Gasteiger partial charge on any atom is 0.252 e. The molecule has 240 valence electrons. The molecule has 44 heavy (non-hydrogen) atoms. The van der Waals surface area contributed by atoms with Gasteiger partial charge in [0.1, 0.15) is 12.2 Å². The summed E-state index contributed by atoms with van der Waals surface area (Å²) in [5.41, 5.74) is 2.15. The predicted molar refractivity (Wildman–Crippen MR) is 175 cm³/mol. The number of hydrogen-bond donors (Lipinski definition) is 1. The van der Waals surface area contributed by atoms with Gasteiger partial charge in [-0.1, -0.05) is 107 Å². The minimum Gasteiger partial charge on any atom is -0.394 e. The third kappa shape index (κ3) is 8.46. The predicted octanol–water partition coefficient (Wildman–Crippen LogP) is 5.88. The number of nitrogens with zero attached hydrogens (tertiary/aromatic N) is 2. The Kier molecular flexibility index (Phi) is 13.8.